The summed E-state index contributed by atoms with van der Waals surface area (Å²) < 4.78 is 0. The van der Waals surface area contributed by atoms with Crippen LogP contribution in [0.2, 0.25) is 0 Å². The Labute approximate surface area is 128 Å². The Kier molecular flexibility index (Phi) is 6.07. The van der Waals surface area contributed by atoms with Crippen molar-refractivity contribution in [2.45, 2.75) is 58.8 Å². The van der Waals surface area contributed by atoms with Crippen molar-refractivity contribution in [2.24, 2.45) is 11.8 Å². The Bertz CT molecular complexity index is 362. The van der Waals surface area contributed by atoms with Crippen LogP contribution in [0.25, 0.3) is 0 Å². The topological polar surface area (TPSA) is 40.6 Å². The van der Waals surface area contributed by atoms with Gasteiger partial charge in [-0.2, -0.15) is 0 Å². The average Bonchev–Trinajstić information content (AvgIpc) is 2.50. The van der Waals surface area contributed by atoms with Gasteiger partial charge in [-0.05, 0) is 37.5 Å². The predicted molar refractivity (Wildman–Crippen MR) is 83.8 cm³/mol. The minimum absolute atomic E-state index is 0.317. The molecule has 0 bridgehead atoms. The monoisotopic (exact) mass is 294 g/mol. The van der Waals surface area contributed by atoms with Crippen molar-refractivity contribution < 1.29 is 9.59 Å². The van der Waals surface area contributed by atoms with Crippen molar-refractivity contribution in [3.8, 4) is 0 Å². The van der Waals surface area contributed by atoms with E-state index in [1.807, 2.05) is 9.80 Å². The highest BCUT2D eigenvalue weighted by molar-refractivity contribution is 5.77. The fourth-order valence-corrected chi connectivity index (χ4v) is 3.30. The zero-order valence-corrected chi connectivity index (χ0v) is 13.6. The highest BCUT2D eigenvalue weighted by Crippen LogP contribution is 2.22. The van der Waals surface area contributed by atoms with Gasteiger partial charge in [-0.3, -0.25) is 9.59 Å². The van der Waals surface area contributed by atoms with Crippen molar-refractivity contribution in [3.63, 3.8) is 0 Å². The summed E-state index contributed by atoms with van der Waals surface area (Å²) in [6, 6.07) is 0. The largest absolute Gasteiger partial charge is 0.343 e. The molecule has 0 spiro atoms. The van der Waals surface area contributed by atoms with E-state index < -0.39 is 0 Å². The van der Waals surface area contributed by atoms with Gasteiger partial charge in [0.05, 0.1) is 0 Å². The molecule has 0 N–H and O–H groups in total. The number of hydrogen-bond donors (Lipinski definition) is 0. The van der Waals surface area contributed by atoms with Crippen LogP contribution in [-0.4, -0.2) is 47.8 Å². The fraction of sp³-hybridized carbons (Fsp3) is 0.882. The van der Waals surface area contributed by atoms with Gasteiger partial charge in [0, 0.05) is 39.0 Å². The van der Waals surface area contributed by atoms with Gasteiger partial charge < -0.3 is 9.80 Å². The van der Waals surface area contributed by atoms with Crippen LogP contribution < -0.4 is 0 Å². The number of rotatable bonds is 5. The highest BCUT2D eigenvalue weighted by Gasteiger charge is 2.27. The Balaban J connectivity index is 1.72. The Hall–Kier alpha value is -1.06. The van der Waals surface area contributed by atoms with E-state index in [4.69, 9.17) is 0 Å². The number of amides is 2. The fourth-order valence-electron chi connectivity index (χ4n) is 3.30. The van der Waals surface area contributed by atoms with E-state index in [-0.39, 0.29) is 0 Å². The molecule has 2 aliphatic heterocycles. The molecule has 4 nitrogen and oxygen atoms in total. The third-order valence-corrected chi connectivity index (χ3v) is 5.09. The summed E-state index contributed by atoms with van der Waals surface area (Å²) in [7, 11) is 0. The molecular formula is C17H30N2O2. The van der Waals surface area contributed by atoms with Gasteiger partial charge in [0.2, 0.25) is 11.8 Å². The molecule has 0 radical (unpaired) electrons. The van der Waals surface area contributed by atoms with Crippen LogP contribution in [0.1, 0.15) is 58.8 Å². The third-order valence-electron chi connectivity index (χ3n) is 5.09. The molecular weight excluding hydrogens is 264 g/mol. The number of nitrogens with zero attached hydrogens (tertiary/aromatic N) is 2. The van der Waals surface area contributed by atoms with E-state index in [1.54, 1.807) is 0 Å². The molecule has 2 saturated heterocycles. The van der Waals surface area contributed by atoms with Crippen molar-refractivity contribution in [2.75, 3.05) is 26.2 Å². The number of carbonyl (C=O) groups is 2. The molecule has 2 rings (SSSR count). The second-order valence-corrected chi connectivity index (χ2v) is 6.84. The molecule has 21 heavy (non-hydrogen) atoms. The first-order valence-corrected chi connectivity index (χ1v) is 8.65. The van der Waals surface area contributed by atoms with Gasteiger partial charge in [0.1, 0.15) is 0 Å². The number of carbonyl (C=O) groups excluding carboxylic acids is 2. The van der Waals surface area contributed by atoms with E-state index >= 15 is 0 Å². The van der Waals surface area contributed by atoms with E-state index in [1.165, 1.54) is 0 Å². The summed E-state index contributed by atoms with van der Waals surface area (Å²) in [5.74, 6) is 1.72. The smallest absolute Gasteiger partial charge is 0.222 e. The van der Waals surface area contributed by atoms with Gasteiger partial charge in [-0.1, -0.05) is 20.3 Å². The summed E-state index contributed by atoms with van der Waals surface area (Å²) in [5, 5.41) is 0. The van der Waals surface area contributed by atoms with Gasteiger partial charge in [-0.25, -0.2) is 0 Å². The Morgan fingerprint density at radius 1 is 1.24 bits per heavy atom. The van der Waals surface area contributed by atoms with Crippen molar-refractivity contribution >= 4 is 11.8 Å². The first kappa shape index (κ1) is 16.3. The number of likely N-dealkylation sites (tertiary alicyclic amines) is 2. The molecule has 2 aliphatic rings. The molecule has 0 saturated carbocycles. The number of hydrogen-bond acceptors (Lipinski definition) is 2. The maximum atomic E-state index is 12.2. The van der Waals surface area contributed by atoms with Crippen LogP contribution in [0, 0.1) is 11.8 Å². The second-order valence-electron chi connectivity index (χ2n) is 6.84. The van der Waals surface area contributed by atoms with Crippen LogP contribution in [0.3, 0.4) is 0 Å². The van der Waals surface area contributed by atoms with Crippen LogP contribution in [-0.2, 0) is 9.59 Å². The highest BCUT2D eigenvalue weighted by atomic mass is 16.2. The van der Waals surface area contributed by atoms with E-state index in [2.05, 4.69) is 13.8 Å². The second kappa shape index (κ2) is 7.81. The van der Waals surface area contributed by atoms with Crippen LogP contribution in [0.4, 0.5) is 0 Å². The lowest BCUT2D eigenvalue weighted by Gasteiger charge is -2.36. The first-order valence-electron chi connectivity index (χ1n) is 8.65. The van der Waals surface area contributed by atoms with Crippen molar-refractivity contribution in [1.82, 2.24) is 9.80 Å². The van der Waals surface area contributed by atoms with Crippen LogP contribution in [0.15, 0.2) is 0 Å². The zero-order chi connectivity index (χ0) is 15.2. The lowest BCUT2D eigenvalue weighted by Crippen LogP contribution is -2.44. The molecule has 1 unspecified atom stereocenters. The molecule has 0 aliphatic carbocycles. The third kappa shape index (κ3) is 4.72. The molecule has 0 aromatic heterocycles. The van der Waals surface area contributed by atoms with E-state index in [0.717, 1.165) is 64.7 Å². The maximum Gasteiger partial charge on any atom is 0.222 e. The summed E-state index contributed by atoms with van der Waals surface area (Å²) in [4.78, 5) is 28.1. The van der Waals surface area contributed by atoms with Gasteiger partial charge >= 0.3 is 0 Å². The van der Waals surface area contributed by atoms with Gasteiger partial charge in [0.15, 0.2) is 0 Å². The molecule has 120 valence electrons. The Morgan fingerprint density at radius 2 is 1.95 bits per heavy atom. The van der Waals surface area contributed by atoms with Crippen LogP contribution >= 0.6 is 0 Å². The summed E-state index contributed by atoms with van der Waals surface area (Å²) in [6.07, 6.45) is 6.79. The number of piperidine rings is 2. The van der Waals surface area contributed by atoms with Crippen molar-refractivity contribution in [3.05, 3.63) is 0 Å². The predicted octanol–water partition coefficient (Wildman–Crippen LogP) is 2.67. The van der Waals surface area contributed by atoms with Crippen LogP contribution in [0.5, 0.6) is 0 Å². The standard InChI is InChI=1S/C17H30N2O2/c1-3-14(2)12-17(21)18-10-7-15(8-11-18)13-19-9-5-4-6-16(19)20/h14-15H,3-13H2,1-2H3. The lowest BCUT2D eigenvalue weighted by molar-refractivity contribution is -0.136. The average molecular weight is 294 g/mol. The normalized spacial score (nSPS) is 22.5. The molecule has 0 aromatic rings. The first-order chi connectivity index (χ1) is 10.1. The molecule has 2 fully saturated rings. The summed E-state index contributed by atoms with van der Waals surface area (Å²) in [6.45, 7) is 7.88. The maximum absolute atomic E-state index is 12.2. The SMILES string of the molecule is CCC(C)CC(=O)N1CCC(CN2CCCCC2=O)CC1. The van der Waals surface area contributed by atoms with E-state index in [0.29, 0.717) is 30.1 Å². The summed E-state index contributed by atoms with van der Waals surface area (Å²) in [5.41, 5.74) is 0. The Morgan fingerprint density at radius 3 is 2.57 bits per heavy atom. The molecule has 2 amide bonds. The quantitative estimate of drug-likeness (QED) is 0.782. The van der Waals surface area contributed by atoms with E-state index in [9.17, 15) is 9.59 Å². The van der Waals surface area contributed by atoms with Crippen molar-refractivity contribution in [1.29, 1.82) is 0 Å². The zero-order valence-electron chi connectivity index (χ0n) is 13.6. The minimum Gasteiger partial charge on any atom is -0.343 e. The summed E-state index contributed by atoms with van der Waals surface area (Å²) >= 11 is 0. The molecule has 4 heteroatoms. The molecule has 0 aromatic carbocycles. The minimum atomic E-state index is 0.317. The van der Waals surface area contributed by atoms with Gasteiger partial charge in [0.25, 0.3) is 0 Å². The molecule has 1 atom stereocenters. The molecule has 2 heterocycles. The van der Waals surface area contributed by atoms with Gasteiger partial charge in [-0.15, -0.1) is 0 Å². The lowest BCUT2D eigenvalue weighted by atomic mass is 9.94.